The van der Waals surface area contributed by atoms with Crippen LogP contribution in [0.5, 0.6) is 0 Å². The molecule has 3 N–H and O–H groups in total. The summed E-state index contributed by atoms with van der Waals surface area (Å²) in [5, 5.41) is 5.63. The second kappa shape index (κ2) is 6.17. The molecule has 1 aromatic heterocycles. The summed E-state index contributed by atoms with van der Waals surface area (Å²) >= 11 is 1.32. The number of anilines is 1. The van der Waals surface area contributed by atoms with Crippen molar-refractivity contribution < 1.29 is 13.9 Å². The van der Waals surface area contributed by atoms with Crippen LogP contribution in [0.1, 0.15) is 32.8 Å². The molecule has 2 bridgehead atoms. The molecule has 2 unspecified atom stereocenters. The number of likely N-dealkylation sites (tertiary alicyclic amines) is 1. The van der Waals surface area contributed by atoms with Crippen molar-refractivity contribution in [3.05, 3.63) is 35.0 Å². The van der Waals surface area contributed by atoms with E-state index in [1.54, 1.807) is 16.3 Å². The fourth-order valence-electron chi connectivity index (χ4n) is 3.98. The molecule has 27 heavy (non-hydrogen) atoms. The first-order valence-corrected chi connectivity index (χ1v) is 9.81. The standard InChI is InChI=1S/C19H23FN4O2S/c1-18(2,3)26-17(25)24-8-12-7-19(24,10-22-12)13-5-4-11(6-14(13)20)15-9-27-16(21)23-15/h4-6,9,12,22H,7-8,10H2,1-3H3,(H2,21,23). The van der Waals surface area contributed by atoms with Crippen LogP contribution in [0, 0.1) is 5.82 Å². The van der Waals surface area contributed by atoms with Crippen LogP contribution >= 0.6 is 11.3 Å². The van der Waals surface area contributed by atoms with Gasteiger partial charge in [0.25, 0.3) is 0 Å². The third-order valence-corrected chi connectivity index (χ3v) is 5.76. The average Bonchev–Trinajstić information content (AvgIpc) is 3.27. The number of nitrogen functional groups attached to an aromatic ring is 1. The molecule has 1 amide bonds. The van der Waals surface area contributed by atoms with E-state index in [-0.39, 0.29) is 11.9 Å². The molecule has 2 fully saturated rings. The van der Waals surface area contributed by atoms with E-state index in [1.807, 2.05) is 26.8 Å². The second-order valence-corrected chi connectivity index (χ2v) is 9.06. The lowest BCUT2D eigenvalue weighted by Gasteiger charge is -2.40. The van der Waals surface area contributed by atoms with Crippen LogP contribution in [-0.2, 0) is 10.3 Å². The third kappa shape index (κ3) is 3.17. The number of halogens is 1. The lowest BCUT2D eigenvalue weighted by atomic mass is 9.87. The zero-order chi connectivity index (χ0) is 19.4. The van der Waals surface area contributed by atoms with Gasteiger partial charge < -0.3 is 15.8 Å². The van der Waals surface area contributed by atoms with Gasteiger partial charge in [-0.3, -0.25) is 4.90 Å². The van der Waals surface area contributed by atoms with Crippen molar-refractivity contribution in [2.75, 3.05) is 18.8 Å². The first-order chi connectivity index (χ1) is 12.7. The van der Waals surface area contributed by atoms with E-state index in [0.717, 1.165) is 0 Å². The molecule has 0 spiro atoms. The maximum atomic E-state index is 15.2. The minimum Gasteiger partial charge on any atom is -0.444 e. The Morgan fingerprint density at radius 1 is 1.48 bits per heavy atom. The van der Waals surface area contributed by atoms with Crippen molar-refractivity contribution in [1.82, 2.24) is 15.2 Å². The molecule has 2 aromatic rings. The molecule has 3 heterocycles. The van der Waals surface area contributed by atoms with Crippen LogP contribution in [-0.4, -0.2) is 40.7 Å². The normalized spacial score (nSPS) is 24.4. The van der Waals surface area contributed by atoms with Crippen molar-refractivity contribution in [2.45, 2.75) is 44.4 Å². The predicted octanol–water partition coefficient (Wildman–Crippen LogP) is 3.34. The van der Waals surface area contributed by atoms with Gasteiger partial charge in [-0.2, -0.15) is 0 Å². The van der Waals surface area contributed by atoms with Crippen molar-refractivity contribution >= 4 is 22.6 Å². The van der Waals surface area contributed by atoms with Crippen LogP contribution < -0.4 is 11.1 Å². The zero-order valence-electron chi connectivity index (χ0n) is 15.6. The van der Waals surface area contributed by atoms with E-state index in [2.05, 4.69) is 10.3 Å². The Bertz CT molecular complexity index is 894. The van der Waals surface area contributed by atoms with Gasteiger partial charge in [0.15, 0.2) is 5.13 Å². The number of nitrogens with one attached hydrogen (secondary N) is 1. The van der Waals surface area contributed by atoms with E-state index in [0.29, 0.717) is 41.5 Å². The number of nitrogens with two attached hydrogens (primary N) is 1. The van der Waals surface area contributed by atoms with Gasteiger partial charge in [-0.25, -0.2) is 14.2 Å². The minimum atomic E-state index is -0.725. The number of piperazine rings is 1. The molecule has 2 saturated heterocycles. The van der Waals surface area contributed by atoms with Gasteiger partial charge in [-0.05, 0) is 33.3 Å². The highest BCUT2D eigenvalue weighted by Crippen LogP contribution is 2.45. The number of rotatable bonds is 2. The molecule has 144 valence electrons. The SMILES string of the molecule is CC(C)(C)OC(=O)N1CC2CC1(c1ccc(-c3csc(N)n3)cc1F)CN2. The predicted molar refractivity (Wildman–Crippen MR) is 103 cm³/mol. The Morgan fingerprint density at radius 3 is 2.85 bits per heavy atom. The molecule has 8 heteroatoms. The Kier molecular flexibility index (Phi) is 4.16. The van der Waals surface area contributed by atoms with Gasteiger partial charge in [0.05, 0.1) is 11.2 Å². The number of fused-ring (bicyclic) bond motifs is 2. The summed E-state index contributed by atoms with van der Waals surface area (Å²) in [5.74, 6) is -0.350. The number of benzene rings is 1. The number of ether oxygens (including phenoxy) is 1. The summed E-state index contributed by atoms with van der Waals surface area (Å²) in [7, 11) is 0. The highest BCUT2D eigenvalue weighted by molar-refractivity contribution is 7.13. The van der Waals surface area contributed by atoms with Gasteiger partial charge in [0.1, 0.15) is 11.4 Å². The fourth-order valence-corrected chi connectivity index (χ4v) is 4.56. The van der Waals surface area contributed by atoms with Gasteiger partial charge in [-0.1, -0.05) is 12.1 Å². The Hall–Kier alpha value is -2.19. The largest absolute Gasteiger partial charge is 0.444 e. The molecule has 2 atom stereocenters. The molecule has 6 nitrogen and oxygen atoms in total. The summed E-state index contributed by atoms with van der Waals surface area (Å²) in [6, 6.07) is 5.21. The Labute approximate surface area is 161 Å². The lowest BCUT2D eigenvalue weighted by molar-refractivity contribution is 0.00406. The maximum absolute atomic E-state index is 15.2. The quantitative estimate of drug-likeness (QED) is 0.822. The number of hydrogen-bond donors (Lipinski definition) is 2. The first-order valence-electron chi connectivity index (χ1n) is 8.93. The zero-order valence-corrected chi connectivity index (χ0v) is 16.4. The molecular weight excluding hydrogens is 367 g/mol. The average molecular weight is 390 g/mol. The monoisotopic (exact) mass is 390 g/mol. The van der Waals surface area contributed by atoms with Crippen LogP contribution in [0.3, 0.4) is 0 Å². The van der Waals surface area contributed by atoms with E-state index in [9.17, 15) is 4.79 Å². The van der Waals surface area contributed by atoms with E-state index >= 15 is 4.39 Å². The van der Waals surface area contributed by atoms with Crippen LogP contribution in [0.2, 0.25) is 0 Å². The fraction of sp³-hybridized carbons (Fsp3) is 0.474. The summed E-state index contributed by atoms with van der Waals surface area (Å²) in [6.07, 6.45) is 0.272. The molecule has 1 aromatic carbocycles. The smallest absolute Gasteiger partial charge is 0.411 e. The van der Waals surface area contributed by atoms with E-state index < -0.39 is 17.2 Å². The molecule has 2 aliphatic heterocycles. The first kappa shape index (κ1) is 18.2. The summed E-state index contributed by atoms with van der Waals surface area (Å²) < 4.78 is 20.7. The van der Waals surface area contributed by atoms with Crippen molar-refractivity contribution in [3.8, 4) is 11.3 Å². The van der Waals surface area contributed by atoms with Gasteiger partial charge >= 0.3 is 6.09 Å². The number of thiazole rings is 1. The topological polar surface area (TPSA) is 80.5 Å². The lowest BCUT2D eigenvalue weighted by Crippen LogP contribution is -2.54. The molecule has 0 aliphatic carbocycles. The van der Waals surface area contributed by atoms with Gasteiger partial charge in [-0.15, -0.1) is 11.3 Å². The number of amides is 1. The summed E-state index contributed by atoms with van der Waals surface area (Å²) in [5.41, 5.74) is 6.19. The van der Waals surface area contributed by atoms with Crippen molar-refractivity contribution in [1.29, 1.82) is 0 Å². The molecule has 0 radical (unpaired) electrons. The maximum Gasteiger partial charge on any atom is 0.411 e. The third-order valence-electron chi connectivity index (χ3n) is 5.09. The number of carbonyl (C=O) groups excluding carboxylic acids is 1. The molecule has 0 saturated carbocycles. The van der Waals surface area contributed by atoms with Crippen molar-refractivity contribution in [3.63, 3.8) is 0 Å². The minimum absolute atomic E-state index is 0.148. The second-order valence-electron chi connectivity index (χ2n) is 8.17. The molecular formula is C19H23FN4O2S. The molecule has 2 aliphatic rings. The van der Waals surface area contributed by atoms with Crippen LogP contribution in [0.25, 0.3) is 11.3 Å². The van der Waals surface area contributed by atoms with Gasteiger partial charge in [0.2, 0.25) is 0 Å². The summed E-state index contributed by atoms with van der Waals surface area (Å²) in [4.78, 5) is 18.7. The van der Waals surface area contributed by atoms with E-state index in [1.165, 1.54) is 17.4 Å². The van der Waals surface area contributed by atoms with E-state index in [4.69, 9.17) is 10.5 Å². The highest BCUT2D eigenvalue weighted by Gasteiger charge is 2.55. The number of hydrogen-bond acceptors (Lipinski definition) is 6. The number of aromatic nitrogens is 1. The summed E-state index contributed by atoms with van der Waals surface area (Å²) in [6.45, 7) is 6.52. The van der Waals surface area contributed by atoms with Crippen LogP contribution in [0.4, 0.5) is 14.3 Å². The van der Waals surface area contributed by atoms with Crippen LogP contribution in [0.15, 0.2) is 23.6 Å². The molecule has 4 rings (SSSR count). The van der Waals surface area contributed by atoms with Crippen molar-refractivity contribution in [2.24, 2.45) is 0 Å². The number of carbonyl (C=O) groups is 1. The Morgan fingerprint density at radius 2 is 2.26 bits per heavy atom. The van der Waals surface area contributed by atoms with Gasteiger partial charge in [0, 0.05) is 35.6 Å². The number of nitrogens with zero attached hydrogens (tertiary/aromatic N) is 2. The highest BCUT2D eigenvalue weighted by atomic mass is 32.1. The Balaban J connectivity index is 1.69.